The van der Waals surface area contributed by atoms with E-state index in [0.29, 0.717) is 11.4 Å². The van der Waals surface area contributed by atoms with E-state index in [2.05, 4.69) is 4.90 Å². The van der Waals surface area contributed by atoms with E-state index in [1.54, 1.807) is 6.07 Å². The third-order valence-electron chi connectivity index (χ3n) is 3.54. The zero-order chi connectivity index (χ0) is 13.8. The molecule has 1 saturated heterocycles. The number of aliphatic hydroxyl groups excluding tert-OH is 1. The van der Waals surface area contributed by atoms with Crippen LogP contribution in [0.5, 0.6) is 0 Å². The molecule has 1 aliphatic rings. The molecule has 1 aromatic rings. The van der Waals surface area contributed by atoms with E-state index in [4.69, 9.17) is 16.7 Å². The highest BCUT2D eigenvalue weighted by Crippen LogP contribution is 2.34. The second-order valence-electron chi connectivity index (χ2n) is 4.75. The van der Waals surface area contributed by atoms with Crippen molar-refractivity contribution in [3.05, 3.63) is 33.3 Å². The Labute approximate surface area is 116 Å². The molecule has 1 unspecified atom stereocenters. The number of non-ortho nitro benzene ring substituents is 1. The Kier molecular flexibility index (Phi) is 4.61. The van der Waals surface area contributed by atoms with Gasteiger partial charge in [-0.2, -0.15) is 0 Å². The first-order valence-electron chi connectivity index (χ1n) is 6.45. The summed E-state index contributed by atoms with van der Waals surface area (Å²) in [5.41, 5.74) is 0.829. The molecule has 1 heterocycles. The molecule has 5 nitrogen and oxygen atoms in total. The third-order valence-corrected chi connectivity index (χ3v) is 3.84. The largest absolute Gasteiger partial charge is 0.396 e. The van der Waals surface area contributed by atoms with E-state index in [1.165, 1.54) is 12.1 Å². The van der Waals surface area contributed by atoms with Gasteiger partial charge < -0.3 is 10.0 Å². The van der Waals surface area contributed by atoms with Crippen molar-refractivity contribution >= 4 is 23.0 Å². The molecule has 1 aliphatic heterocycles. The van der Waals surface area contributed by atoms with Gasteiger partial charge in [0.25, 0.3) is 5.69 Å². The lowest BCUT2D eigenvalue weighted by Crippen LogP contribution is -2.40. The Morgan fingerprint density at radius 1 is 1.47 bits per heavy atom. The van der Waals surface area contributed by atoms with Crippen LogP contribution in [-0.4, -0.2) is 29.2 Å². The highest BCUT2D eigenvalue weighted by atomic mass is 35.5. The van der Waals surface area contributed by atoms with E-state index in [0.717, 1.165) is 31.5 Å². The van der Waals surface area contributed by atoms with Gasteiger partial charge in [-0.05, 0) is 31.7 Å². The van der Waals surface area contributed by atoms with E-state index < -0.39 is 4.92 Å². The summed E-state index contributed by atoms with van der Waals surface area (Å²) in [6, 6.07) is 4.83. The van der Waals surface area contributed by atoms with Crippen LogP contribution in [0, 0.1) is 10.1 Å². The molecular weight excluding hydrogens is 268 g/mol. The number of nitro groups is 1. The van der Waals surface area contributed by atoms with Gasteiger partial charge in [-0.1, -0.05) is 11.6 Å². The molecule has 19 heavy (non-hydrogen) atoms. The van der Waals surface area contributed by atoms with Crippen LogP contribution >= 0.6 is 11.6 Å². The summed E-state index contributed by atoms with van der Waals surface area (Å²) in [5, 5.41) is 20.2. The minimum atomic E-state index is -0.447. The molecular formula is C13H17ClN2O3. The van der Waals surface area contributed by atoms with Crippen LogP contribution in [0.1, 0.15) is 25.7 Å². The number of piperidine rings is 1. The predicted molar refractivity (Wildman–Crippen MR) is 74.8 cm³/mol. The fourth-order valence-electron chi connectivity index (χ4n) is 2.61. The third kappa shape index (κ3) is 3.16. The summed E-state index contributed by atoms with van der Waals surface area (Å²) < 4.78 is 0. The normalized spacial score (nSPS) is 19.5. The molecule has 104 valence electrons. The van der Waals surface area contributed by atoms with Gasteiger partial charge in [0, 0.05) is 31.3 Å². The Balaban J connectivity index is 2.26. The minimum Gasteiger partial charge on any atom is -0.396 e. The van der Waals surface area contributed by atoms with Gasteiger partial charge in [0.2, 0.25) is 0 Å². The van der Waals surface area contributed by atoms with Gasteiger partial charge in [0.15, 0.2) is 0 Å². The first-order chi connectivity index (χ1) is 9.13. The van der Waals surface area contributed by atoms with E-state index in [-0.39, 0.29) is 18.3 Å². The molecule has 0 amide bonds. The van der Waals surface area contributed by atoms with Crippen LogP contribution in [0.25, 0.3) is 0 Å². The monoisotopic (exact) mass is 284 g/mol. The molecule has 0 spiro atoms. The quantitative estimate of drug-likeness (QED) is 0.682. The predicted octanol–water partition coefficient (Wildman–Crippen LogP) is 2.99. The number of nitrogens with zero attached hydrogens (tertiary/aromatic N) is 2. The van der Waals surface area contributed by atoms with E-state index >= 15 is 0 Å². The van der Waals surface area contributed by atoms with Crippen LogP contribution in [-0.2, 0) is 0 Å². The summed E-state index contributed by atoms with van der Waals surface area (Å²) in [5.74, 6) is 0. The standard InChI is InChI=1S/C13H17ClN2O3/c14-12-9-11(16(18)19)4-5-13(12)15-7-2-1-3-10(15)6-8-17/h4-5,9-10,17H,1-3,6-8H2. The van der Waals surface area contributed by atoms with Crippen LogP contribution in [0.15, 0.2) is 18.2 Å². The van der Waals surface area contributed by atoms with Gasteiger partial charge in [-0.25, -0.2) is 0 Å². The number of benzene rings is 1. The first kappa shape index (κ1) is 14.1. The molecule has 0 radical (unpaired) electrons. The maximum absolute atomic E-state index is 10.7. The number of aliphatic hydroxyl groups is 1. The number of anilines is 1. The fraction of sp³-hybridized carbons (Fsp3) is 0.538. The van der Waals surface area contributed by atoms with Crippen molar-refractivity contribution < 1.29 is 10.0 Å². The average Bonchev–Trinajstić information content (AvgIpc) is 2.40. The van der Waals surface area contributed by atoms with Gasteiger partial charge in [0.1, 0.15) is 0 Å². The number of rotatable bonds is 4. The SMILES string of the molecule is O=[N+]([O-])c1ccc(N2CCCCC2CCO)c(Cl)c1. The molecule has 0 bridgehead atoms. The number of hydrogen-bond donors (Lipinski definition) is 1. The van der Waals surface area contributed by atoms with Crippen molar-refractivity contribution in [3.63, 3.8) is 0 Å². The van der Waals surface area contributed by atoms with Gasteiger partial charge in [0.05, 0.1) is 15.6 Å². The Hall–Kier alpha value is -1.33. The van der Waals surface area contributed by atoms with Crippen LogP contribution in [0.2, 0.25) is 5.02 Å². The number of halogens is 1. The van der Waals surface area contributed by atoms with E-state index in [1.807, 2.05) is 0 Å². The zero-order valence-electron chi connectivity index (χ0n) is 10.6. The Morgan fingerprint density at radius 3 is 2.89 bits per heavy atom. The molecule has 1 atom stereocenters. The van der Waals surface area contributed by atoms with Crippen molar-refractivity contribution in [1.82, 2.24) is 0 Å². The maximum atomic E-state index is 10.7. The van der Waals surface area contributed by atoms with Crippen molar-refractivity contribution in [2.24, 2.45) is 0 Å². The van der Waals surface area contributed by atoms with Crippen molar-refractivity contribution in [1.29, 1.82) is 0 Å². The molecule has 1 fully saturated rings. The molecule has 0 aliphatic carbocycles. The minimum absolute atomic E-state index is 0.00414. The van der Waals surface area contributed by atoms with Crippen LogP contribution in [0.4, 0.5) is 11.4 Å². The summed E-state index contributed by atoms with van der Waals surface area (Å²) in [4.78, 5) is 12.4. The van der Waals surface area contributed by atoms with Gasteiger partial charge >= 0.3 is 0 Å². The highest BCUT2D eigenvalue weighted by Gasteiger charge is 2.24. The highest BCUT2D eigenvalue weighted by molar-refractivity contribution is 6.33. The zero-order valence-corrected chi connectivity index (χ0v) is 11.3. The Morgan fingerprint density at radius 2 is 2.26 bits per heavy atom. The van der Waals surface area contributed by atoms with Crippen LogP contribution < -0.4 is 4.90 Å². The topological polar surface area (TPSA) is 66.6 Å². The molecule has 6 heteroatoms. The number of hydrogen-bond acceptors (Lipinski definition) is 4. The van der Waals surface area contributed by atoms with Crippen molar-refractivity contribution in [3.8, 4) is 0 Å². The summed E-state index contributed by atoms with van der Waals surface area (Å²) in [6.07, 6.45) is 3.95. The van der Waals surface area contributed by atoms with Crippen LogP contribution in [0.3, 0.4) is 0 Å². The lowest BCUT2D eigenvalue weighted by molar-refractivity contribution is -0.384. The molecule has 1 aromatic carbocycles. The maximum Gasteiger partial charge on any atom is 0.271 e. The smallest absolute Gasteiger partial charge is 0.271 e. The van der Waals surface area contributed by atoms with E-state index in [9.17, 15) is 10.1 Å². The molecule has 1 N–H and O–H groups in total. The van der Waals surface area contributed by atoms with Gasteiger partial charge in [-0.3, -0.25) is 10.1 Å². The summed E-state index contributed by atoms with van der Waals surface area (Å²) in [6.45, 7) is 1.02. The Bertz CT molecular complexity index is 465. The average molecular weight is 285 g/mol. The van der Waals surface area contributed by atoms with Crippen molar-refractivity contribution in [2.45, 2.75) is 31.7 Å². The second kappa shape index (κ2) is 6.21. The molecule has 2 rings (SSSR count). The summed E-state index contributed by atoms with van der Waals surface area (Å²) in [7, 11) is 0. The second-order valence-corrected chi connectivity index (χ2v) is 5.16. The van der Waals surface area contributed by atoms with Gasteiger partial charge in [-0.15, -0.1) is 0 Å². The fourth-order valence-corrected chi connectivity index (χ4v) is 2.89. The lowest BCUT2D eigenvalue weighted by Gasteiger charge is -2.37. The molecule has 0 aromatic heterocycles. The first-order valence-corrected chi connectivity index (χ1v) is 6.82. The lowest BCUT2D eigenvalue weighted by atomic mass is 9.98. The van der Waals surface area contributed by atoms with Crippen molar-refractivity contribution in [2.75, 3.05) is 18.1 Å². The molecule has 0 saturated carbocycles. The summed E-state index contributed by atoms with van der Waals surface area (Å²) >= 11 is 6.16. The number of nitro benzene ring substituents is 1.